The summed E-state index contributed by atoms with van der Waals surface area (Å²) < 4.78 is 41.8. The van der Waals surface area contributed by atoms with Gasteiger partial charge in [0.25, 0.3) is 0 Å². The lowest BCUT2D eigenvalue weighted by Gasteiger charge is -2.15. The number of benzene rings is 3. The Morgan fingerprint density at radius 2 is 1.83 bits per heavy atom. The first-order chi connectivity index (χ1) is 16.7. The molecule has 0 aliphatic heterocycles. The van der Waals surface area contributed by atoms with Crippen molar-refractivity contribution in [3.8, 4) is 11.5 Å². The number of hydrogen-bond donors (Lipinski definition) is 1. The summed E-state index contributed by atoms with van der Waals surface area (Å²) in [6.07, 6.45) is -0.0154. The zero-order chi connectivity index (χ0) is 25.2. The van der Waals surface area contributed by atoms with Gasteiger partial charge in [0.05, 0.1) is 34.9 Å². The lowest BCUT2D eigenvalue weighted by Crippen LogP contribution is -2.23. The van der Waals surface area contributed by atoms with E-state index in [0.29, 0.717) is 33.3 Å². The van der Waals surface area contributed by atoms with Crippen LogP contribution in [0.2, 0.25) is 5.02 Å². The van der Waals surface area contributed by atoms with Gasteiger partial charge in [0, 0.05) is 11.6 Å². The van der Waals surface area contributed by atoms with Crippen LogP contribution in [0.3, 0.4) is 0 Å². The number of hydrogen-bond acceptors (Lipinski definition) is 6. The zero-order valence-electron chi connectivity index (χ0n) is 19.4. The van der Waals surface area contributed by atoms with Gasteiger partial charge in [0.15, 0.2) is 11.5 Å². The first-order valence-electron chi connectivity index (χ1n) is 10.9. The zero-order valence-corrected chi connectivity index (χ0v) is 21.8. The van der Waals surface area contributed by atoms with Gasteiger partial charge in [0.2, 0.25) is 10.0 Å². The molecule has 0 radical (unpaired) electrons. The van der Waals surface area contributed by atoms with Crippen molar-refractivity contribution in [1.29, 1.82) is 0 Å². The van der Waals surface area contributed by atoms with Gasteiger partial charge in [-0.15, -0.1) is 0 Å². The van der Waals surface area contributed by atoms with Crippen molar-refractivity contribution in [2.45, 2.75) is 37.9 Å². The smallest absolute Gasteiger partial charge is 0.308 e. The molecule has 0 fully saturated rings. The molecule has 0 saturated heterocycles. The van der Waals surface area contributed by atoms with E-state index in [0.717, 1.165) is 22.5 Å². The number of fused-ring (bicyclic) bond motifs is 1. The molecule has 35 heavy (non-hydrogen) atoms. The van der Waals surface area contributed by atoms with Gasteiger partial charge in [-0.2, -0.15) is 0 Å². The van der Waals surface area contributed by atoms with Gasteiger partial charge in [-0.25, -0.2) is 13.1 Å². The summed E-state index contributed by atoms with van der Waals surface area (Å²) in [7, 11) is -2.28. The number of ether oxygens (including phenoxy) is 2. The number of halogens is 1. The van der Waals surface area contributed by atoms with Crippen molar-refractivity contribution in [1.82, 2.24) is 9.29 Å². The predicted octanol–water partition coefficient (Wildman–Crippen LogP) is 5.04. The van der Waals surface area contributed by atoms with Gasteiger partial charge in [-0.1, -0.05) is 47.2 Å². The molecule has 0 unspecified atom stereocenters. The van der Waals surface area contributed by atoms with Crippen molar-refractivity contribution in [3.63, 3.8) is 0 Å². The topological polar surface area (TPSA) is 86.6 Å². The molecule has 0 amide bonds. The molecule has 10 heteroatoms. The Hall–Kier alpha value is -2.85. The molecule has 1 heterocycles. The van der Waals surface area contributed by atoms with Crippen LogP contribution < -0.4 is 19.1 Å². The molecule has 1 aromatic heterocycles. The molecule has 0 saturated carbocycles. The minimum Gasteiger partial charge on any atom is -0.493 e. The van der Waals surface area contributed by atoms with E-state index in [1.54, 1.807) is 34.9 Å². The van der Waals surface area contributed by atoms with Gasteiger partial charge in [0.1, 0.15) is 0 Å². The van der Waals surface area contributed by atoms with Crippen LogP contribution in [0.25, 0.3) is 10.2 Å². The van der Waals surface area contributed by atoms with Crippen molar-refractivity contribution in [3.05, 3.63) is 86.5 Å². The van der Waals surface area contributed by atoms with Gasteiger partial charge < -0.3 is 9.47 Å². The van der Waals surface area contributed by atoms with Gasteiger partial charge >= 0.3 is 4.87 Å². The van der Waals surface area contributed by atoms with Crippen LogP contribution in [0.15, 0.2) is 70.4 Å². The molecule has 0 bridgehead atoms. The van der Waals surface area contributed by atoms with Crippen LogP contribution in [-0.2, 0) is 23.1 Å². The fourth-order valence-electron chi connectivity index (χ4n) is 3.60. The Morgan fingerprint density at radius 1 is 1.06 bits per heavy atom. The number of aromatic nitrogens is 1. The van der Waals surface area contributed by atoms with Crippen LogP contribution in [0.4, 0.5) is 0 Å². The molecule has 0 aliphatic carbocycles. The minimum absolute atomic E-state index is 0.0154. The lowest BCUT2D eigenvalue weighted by molar-refractivity contribution is 0.230. The third-order valence-electron chi connectivity index (χ3n) is 5.29. The summed E-state index contributed by atoms with van der Waals surface area (Å²) in [6, 6.07) is 17.3. The molecule has 0 spiro atoms. The Balaban J connectivity index is 1.55. The highest BCUT2D eigenvalue weighted by molar-refractivity contribution is 7.89. The average Bonchev–Trinajstić information content (AvgIpc) is 3.13. The van der Waals surface area contributed by atoms with Gasteiger partial charge in [-0.05, 0) is 61.4 Å². The molecular formula is C25H25ClN2O5S2. The number of sulfonamides is 1. The molecular weight excluding hydrogens is 508 g/mol. The molecule has 4 aromatic rings. The number of nitrogens with zero attached hydrogens (tertiary/aromatic N) is 1. The largest absolute Gasteiger partial charge is 0.493 e. The fraction of sp³-hybridized carbons (Fsp3) is 0.240. The molecule has 0 atom stereocenters. The highest BCUT2D eigenvalue weighted by atomic mass is 35.5. The maximum Gasteiger partial charge on any atom is 0.308 e. The van der Waals surface area contributed by atoms with Crippen molar-refractivity contribution in [2.24, 2.45) is 0 Å². The second kappa shape index (κ2) is 10.4. The molecule has 4 rings (SSSR count). The number of nitrogens with one attached hydrogen (secondary N) is 1. The molecule has 3 aromatic carbocycles. The highest BCUT2D eigenvalue weighted by Crippen LogP contribution is 2.29. The highest BCUT2D eigenvalue weighted by Gasteiger charge is 2.18. The quantitative estimate of drug-likeness (QED) is 0.326. The van der Waals surface area contributed by atoms with E-state index in [1.165, 1.54) is 19.2 Å². The van der Waals surface area contributed by atoms with E-state index in [2.05, 4.69) is 4.72 Å². The molecule has 1 N–H and O–H groups in total. The third-order valence-corrected chi connectivity index (χ3v) is 8.00. The number of methoxy groups -OCH3 is 1. The second-order valence-electron chi connectivity index (χ2n) is 8.15. The maximum atomic E-state index is 13.0. The van der Waals surface area contributed by atoms with Crippen LogP contribution in [0.5, 0.6) is 11.5 Å². The monoisotopic (exact) mass is 532 g/mol. The maximum absolute atomic E-state index is 13.0. The Morgan fingerprint density at radius 3 is 2.54 bits per heavy atom. The van der Waals surface area contributed by atoms with Crippen LogP contribution in [0, 0.1) is 0 Å². The average molecular weight is 533 g/mol. The van der Waals surface area contributed by atoms with E-state index < -0.39 is 10.0 Å². The minimum atomic E-state index is -3.82. The van der Waals surface area contributed by atoms with E-state index in [1.807, 2.05) is 32.0 Å². The molecule has 0 aliphatic rings. The Bertz CT molecular complexity index is 1530. The molecule has 184 valence electrons. The first kappa shape index (κ1) is 25.2. The van der Waals surface area contributed by atoms with Crippen molar-refractivity contribution >= 4 is 43.2 Å². The van der Waals surface area contributed by atoms with E-state index in [4.69, 9.17) is 21.1 Å². The van der Waals surface area contributed by atoms with Crippen LogP contribution in [0.1, 0.15) is 25.0 Å². The fourth-order valence-corrected chi connectivity index (χ4v) is 5.84. The summed E-state index contributed by atoms with van der Waals surface area (Å²) >= 11 is 7.25. The first-order valence-corrected chi connectivity index (χ1v) is 13.6. The Kier molecular flexibility index (Phi) is 7.51. The van der Waals surface area contributed by atoms with Crippen molar-refractivity contribution < 1.29 is 17.9 Å². The number of rotatable bonds is 9. The Labute approximate surface area is 212 Å². The summed E-state index contributed by atoms with van der Waals surface area (Å²) in [6.45, 7) is 4.21. The molecule has 7 nitrogen and oxygen atoms in total. The summed E-state index contributed by atoms with van der Waals surface area (Å²) in [5.41, 5.74) is 2.19. The van der Waals surface area contributed by atoms with E-state index >= 15 is 0 Å². The van der Waals surface area contributed by atoms with Crippen LogP contribution in [-0.4, -0.2) is 26.2 Å². The van der Waals surface area contributed by atoms with Gasteiger partial charge in [-0.3, -0.25) is 9.36 Å². The summed E-state index contributed by atoms with van der Waals surface area (Å²) in [4.78, 5) is 12.5. The second-order valence-corrected chi connectivity index (χ2v) is 11.3. The van der Waals surface area contributed by atoms with Crippen LogP contribution >= 0.6 is 22.9 Å². The third kappa shape index (κ3) is 5.70. The lowest BCUT2D eigenvalue weighted by atomic mass is 10.2. The van der Waals surface area contributed by atoms with E-state index in [9.17, 15) is 13.2 Å². The van der Waals surface area contributed by atoms with E-state index in [-0.39, 0.29) is 22.4 Å². The standard InChI is InChI=1S/C25H25ClN2O5S2/c1-16(2)33-22-11-8-17(12-23(22)32-3)14-27-35(30,31)19-9-10-21-24(13-19)34-25(29)28(21)15-18-6-4-5-7-20(18)26/h4-13,16,27H,14-15H2,1-3H3. The summed E-state index contributed by atoms with van der Waals surface area (Å²) in [5.74, 6) is 1.12. The SMILES string of the molecule is COc1cc(CNS(=O)(=O)c2ccc3c(c2)sc(=O)n3Cc2ccccc2Cl)ccc1OC(C)C. The normalized spacial score (nSPS) is 11.8. The summed E-state index contributed by atoms with van der Waals surface area (Å²) in [5, 5.41) is 0.572. The number of thiazole rings is 1. The van der Waals surface area contributed by atoms with Crippen molar-refractivity contribution in [2.75, 3.05) is 7.11 Å². The predicted molar refractivity (Wildman–Crippen MR) is 139 cm³/mol.